The third kappa shape index (κ3) is 3.26. The van der Waals surface area contributed by atoms with Crippen LogP contribution in [0.2, 0.25) is 0 Å². The zero-order chi connectivity index (χ0) is 13.6. The normalized spacial score (nSPS) is 15.1. The molecule has 2 aromatic rings. The molecule has 1 fully saturated rings. The van der Waals surface area contributed by atoms with Gasteiger partial charge in [-0.25, -0.2) is 0 Å². The lowest BCUT2D eigenvalue weighted by atomic mass is 10.1. The van der Waals surface area contributed by atoms with Gasteiger partial charge >= 0.3 is 0 Å². The van der Waals surface area contributed by atoms with Gasteiger partial charge in [-0.1, -0.05) is 30.3 Å². The third-order valence-corrected chi connectivity index (χ3v) is 3.65. The summed E-state index contributed by atoms with van der Waals surface area (Å²) in [5, 5.41) is 11.9. The van der Waals surface area contributed by atoms with Gasteiger partial charge in [0.15, 0.2) is 5.82 Å². The first-order valence-electron chi connectivity index (χ1n) is 7.28. The van der Waals surface area contributed by atoms with Gasteiger partial charge in [-0.2, -0.15) is 0 Å². The summed E-state index contributed by atoms with van der Waals surface area (Å²) in [5.74, 6) is 1.82. The Morgan fingerprint density at radius 3 is 2.40 bits per heavy atom. The lowest BCUT2D eigenvalue weighted by Gasteiger charge is -2.27. The van der Waals surface area contributed by atoms with E-state index in [1.807, 2.05) is 24.3 Å². The summed E-state index contributed by atoms with van der Waals surface area (Å²) in [6.07, 6.45) is 3.85. The second-order valence-corrected chi connectivity index (χ2v) is 5.16. The number of rotatable bonds is 4. The van der Waals surface area contributed by atoms with Crippen molar-refractivity contribution in [2.75, 3.05) is 23.3 Å². The molecule has 104 valence electrons. The average molecular weight is 268 g/mol. The standard InChI is InChI=1S/C16H20N4/c1-3-7-14(8-4-1)13-17-15-9-10-16(19-18-15)20-11-5-2-6-12-20/h1,3-4,7-10H,2,5-6,11-13H2,(H,17,18). The average Bonchev–Trinajstić information content (AvgIpc) is 2.55. The van der Waals surface area contributed by atoms with Gasteiger partial charge < -0.3 is 10.2 Å². The van der Waals surface area contributed by atoms with Gasteiger partial charge in [0.2, 0.25) is 0 Å². The van der Waals surface area contributed by atoms with Crippen LogP contribution in [0.3, 0.4) is 0 Å². The Morgan fingerprint density at radius 1 is 0.900 bits per heavy atom. The molecule has 1 N–H and O–H groups in total. The Hall–Kier alpha value is -2.10. The lowest BCUT2D eigenvalue weighted by Crippen LogP contribution is -2.30. The van der Waals surface area contributed by atoms with Gasteiger partial charge in [0.05, 0.1) is 0 Å². The largest absolute Gasteiger partial charge is 0.365 e. The van der Waals surface area contributed by atoms with E-state index in [9.17, 15) is 0 Å². The van der Waals surface area contributed by atoms with Crippen LogP contribution in [0.4, 0.5) is 11.6 Å². The molecule has 0 aliphatic carbocycles. The van der Waals surface area contributed by atoms with Gasteiger partial charge in [0.25, 0.3) is 0 Å². The predicted molar refractivity (Wildman–Crippen MR) is 81.9 cm³/mol. The van der Waals surface area contributed by atoms with Gasteiger partial charge in [-0.3, -0.25) is 0 Å². The maximum Gasteiger partial charge on any atom is 0.151 e. The van der Waals surface area contributed by atoms with Crippen molar-refractivity contribution >= 4 is 11.6 Å². The summed E-state index contributed by atoms with van der Waals surface area (Å²) in [5.41, 5.74) is 1.24. The minimum absolute atomic E-state index is 0.776. The van der Waals surface area contributed by atoms with Crippen molar-refractivity contribution in [1.82, 2.24) is 10.2 Å². The van der Waals surface area contributed by atoms with E-state index < -0.39 is 0 Å². The topological polar surface area (TPSA) is 41.0 Å². The van der Waals surface area contributed by atoms with Crippen molar-refractivity contribution in [2.24, 2.45) is 0 Å². The van der Waals surface area contributed by atoms with Gasteiger partial charge in [0, 0.05) is 19.6 Å². The van der Waals surface area contributed by atoms with Crippen molar-refractivity contribution in [1.29, 1.82) is 0 Å². The highest BCUT2D eigenvalue weighted by molar-refractivity contribution is 5.44. The molecule has 0 bridgehead atoms. The molecule has 4 heteroatoms. The van der Waals surface area contributed by atoms with Crippen LogP contribution in [0, 0.1) is 0 Å². The van der Waals surface area contributed by atoms with Crippen LogP contribution < -0.4 is 10.2 Å². The van der Waals surface area contributed by atoms with E-state index in [1.165, 1.54) is 24.8 Å². The SMILES string of the molecule is c1ccc(CNc2ccc(N3CCCCC3)nn2)cc1. The van der Waals surface area contributed by atoms with E-state index in [-0.39, 0.29) is 0 Å². The minimum Gasteiger partial charge on any atom is -0.365 e. The van der Waals surface area contributed by atoms with Crippen molar-refractivity contribution in [3.63, 3.8) is 0 Å². The molecule has 1 aliphatic heterocycles. The molecule has 1 aromatic heterocycles. The van der Waals surface area contributed by atoms with Crippen LogP contribution in [-0.2, 0) is 6.54 Å². The minimum atomic E-state index is 0.776. The Morgan fingerprint density at radius 2 is 1.70 bits per heavy atom. The number of hydrogen-bond acceptors (Lipinski definition) is 4. The lowest BCUT2D eigenvalue weighted by molar-refractivity contribution is 0.571. The molecule has 1 aromatic carbocycles. The highest BCUT2D eigenvalue weighted by Crippen LogP contribution is 2.17. The van der Waals surface area contributed by atoms with E-state index in [2.05, 4.69) is 38.6 Å². The van der Waals surface area contributed by atoms with Crippen molar-refractivity contribution < 1.29 is 0 Å². The smallest absolute Gasteiger partial charge is 0.151 e. The summed E-state index contributed by atoms with van der Waals surface area (Å²) in [4.78, 5) is 2.32. The molecule has 0 radical (unpaired) electrons. The molecule has 0 atom stereocenters. The molecule has 20 heavy (non-hydrogen) atoms. The molecule has 0 unspecified atom stereocenters. The van der Waals surface area contributed by atoms with E-state index in [4.69, 9.17) is 0 Å². The molecule has 0 spiro atoms. The molecule has 0 saturated carbocycles. The Balaban J connectivity index is 1.58. The molecule has 0 amide bonds. The van der Waals surface area contributed by atoms with Crippen LogP contribution >= 0.6 is 0 Å². The molecular weight excluding hydrogens is 248 g/mol. The summed E-state index contributed by atoms with van der Waals surface area (Å²) >= 11 is 0. The maximum atomic E-state index is 4.33. The second kappa shape index (κ2) is 6.37. The summed E-state index contributed by atoms with van der Waals surface area (Å²) < 4.78 is 0. The quantitative estimate of drug-likeness (QED) is 0.925. The van der Waals surface area contributed by atoms with Crippen LogP contribution in [0.1, 0.15) is 24.8 Å². The predicted octanol–water partition coefficient (Wildman–Crippen LogP) is 3.08. The number of piperidine rings is 1. The maximum absolute atomic E-state index is 4.33. The zero-order valence-electron chi connectivity index (χ0n) is 11.6. The van der Waals surface area contributed by atoms with Crippen LogP contribution in [0.25, 0.3) is 0 Å². The third-order valence-electron chi connectivity index (χ3n) is 3.65. The number of hydrogen-bond donors (Lipinski definition) is 1. The fourth-order valence-corrected chi connectivity index (χ4v) is 2.50. The van der Waals surface area contributed by atoms with E-state index in [0.717, 1.165) is 31.3 Å². The summed E-state index contributed by atoms with van der Waals surface area (Å²) in [6.45, 7) is 2.98. The van der Waals surface area contributed by atoms with Crippen LogP contribution in [-0.4, -0.2) is 23.3 Å². The highest BCUT2D eigenvalue weighted by atomic mass is 15.3. The Bertz CT molecular complexity index is 518. The number of nitrogens with one attached hydrogen (secondary N) is 1. The summed E-state index contributed by atoms with van der Waals surface area (Å²) in [6, 6.07) is 14.4. The fraction of sp³-hybridized carbons (Fsp3) is 0.375. The summed E-state index contributed by atoms with van der Waals surface area (Å²) in [7, 11) is 0. The monoisotopic (exact) mass is 268 g/mol. The fourth-order valence-electron chi connectivity index (χ4n) is 2.50. The van der Waals surface area contributed by atoms with Crippen molar-refractivity contribution in [2.45, 2.75) is 25.8 Å². The number of nitrogens with zero attached hydrogens (tertiary/aromatic N) is 3. The van der Waals surface area contributed by atoms with Crippen LogP contribution in [0.5, 0.6) is 0 Å². The van der Waals surface area contributed by atoms with Crippen LogP contribution in [0.15, 0.2) is 42.5 Å². The van der Waals surface area contributed by atoms with Crippen molar-refractivity contribution in [3.8, 4) is 0 Å². The van der Waals surface area contributed by atoms with E-state index in [0.29, 0.717) is 0 Å². The second-order valence-electron chi connectivity index (χ2n) is 5.16. The number of benzene rings is 1. The molecule has 3 rings (SSSR count). The first-order valence-corrected chi connectivity index (χ1v) is 7.28. The van der Waals surface area contributed by atoms with Gasteiger partial charge in [-0.15, -0.1) is 10.2 Å². The first kappa shape index (κ1) is 12.9. The molecular formula is C16H20N4. The van der Waals surface area contributed by atoms with Gasteiger partial charge in [0.1, 0.15) is 5.82 Å². The Kier molecular flexibility index (Phi) is 4.11. The van der Waals surface area contributed by atoms with Gasteiger partial charge in [-0.05, 0) is 37.0 Å². The molecule has 1 saturated heterocycles. The highest BCUT2D eigenvalue weighted by Gasteiger charge is 2.12. The van der Waals surface area contributed by atoms with E-state index >= 15 is 0 Å². The zero-order valence-corrected chi connectivity index (χ0v) is 11.6. The number of anilines is 2. The molecule has 4 nitrogen and oxygen atoms in total. The Labute approximate surface area is 119 Å². The molecule has 2 heterocycles. The number of aromatic nitrogens is 2. The molecule has 1 aliphatic rings. The van der Waals surface area contributed by atoms with E-state index in [1.54, 1.807) is 0 Å². The van der Waals surface area contributed by atoms with Crippen molar-refractivity contribution in [3.05, 3.63) is 48.0 Å². The first-order chi connectivity index (χ1) is 9.92.